The summed E-state index contributed by atoms with van der Waals surface area (Å²) in [4.78, 5) is 0. The molecule has 7 nitrogen and oxygen atoms in total. The van der Waals surface area contributed by atoms with Crippen molar-refractivity contribution in [3.8, 4) is 0 Å². The smallest absolute Gasteiger partial charge is 0.214 e. The molecule has 0 radical (unpaired) electrons. The number of nitrogens with one attached hydrogen (secondary N) is 1. The lowest BCUT2D eigenvalue weighted by atomic mass is 10.00. The lowest BCUT2D eigenvalue weighted by Crippen LogP contribution is -2.55. The first-order valence-electron chi connectivity index (χ1n) is 4.80. The quantitative estimate of drug-likeness (QED) is 0.244. The second-order valence-corrected chi connectivity index (χ2v) is 5.43. The molecule has 0 aromatic rings. The second kappa shape index (κ2) is 6.02. The van der Waals surface area contributed by atoms with Crippen LogP contribution in [-0.2, 0) is 14.8 Å². The van der Waals surface area contributed by atoms with Gasteiger partial charge in [0, 0.05) is 7.11 Å². The maximum atomic E-state index is 11.6. The highest BCUT2D eigenvalue weighted by Crippen LogP contribution is 2.11. The molecule has 1 atom stereocenters. The van der Waals surface area contributed by atoms with Crippen LogP contribution in [0.15, 0.2) is 5.16 Å². The predicted octanol–water partition coefficient (Wildman–Crippen LogP) is -0.533. The van der Waals surface area contributed by atoms with Crippen LogP contribution >= 0.6 is 0 Å². The van der Waals surface area contributed by atoms with Gasteiger partial charge in [-0.25, -0.2) is 13.1 Å². The van der Waals surface area contributed by atoms with Crippen LogP contribution in [0.4, 0.5) is 0 Å². The van der Waals surface area contributed by atoms with Crippen molar-refractivity contribution in [3.05, 3.63) is 0 Å². The third-order valence-electron chi connectivity index (χ3n) is 2.32. The number of ether oxygens (including phenoxy) is 1. The zero-order valence-electron chi connectivity index (χ0n) is 9.73. The van der Waals surface area contributed by atoms with Crippen LogP contribution in [0.3, 0.4) is 0 Å². The number of amidine groups is 1. The molecule has 0 fully saturated rings. The van der Waals surface area contributed by atoms with E-state index >= 15 is 0 Å². The van der Waals surface area contributed by atoms with E-state index in [1.165, 1.54) is 7.11 Å². The summed E-state index contributed by atoms with van der Waals surface area (Å²) in [5, 5.41) is 11.4. The molecule has 0 rings (SSSR count). The molecule has 0 aromatic carbocycles. The molecule has 0 amide bonds. The number of rotatable bonds is 7. The lowest BCUT2D eigenvalue weighted by molar-refractivity contribution is 0.216. The summed E-state index contributed by atoms with van der Waals surface area (Å²) < 4.78 is 30.3. The van der Waals surface area contributed by atoms with Gasteiger partial charge in [0.25, 0.3) is 0 Å². The molecule has 0 aliphatic heterocycles. The van der Waals surface area contributed by atoms with E-state index in [1.807, 2.05) is 0 Å². The summed E-state index contributed by atoms with van der Waals surface area (Å²) >= 11 is 0. The number of nitrogens with zero attached hydrogens (tertiary/aromatic N) is 1. The number of methoxy groups -OCH3 is 1. The Morgan fingerprint density at radius 2 is 2.19 bits per heavy atom. The Kier molecular flexibility index (Phi) is 5.70. The number of hydrogen-bond acceptors (Lipinski definition) is 5. The van der Waals surface area contributed by atoms with Crippen molar-refractivity contribution in [1.29, 1.82) is 0 Å². The van der Waals surface area contributed by atoms with Gasteiger partial charge in [0.15, 0.2) is 5.84 Å². The first-order valence-corrected chi connectivity index (χ1v) is 6.45. The fourth-order valence-corrected chi connectivity index (χ4v) is 2.43. The molecule has 0 aliphatic rings. The minimum absolute atomic E-state index is 0.0886. The minimum atomic E-state index is -3.52. The molecule has 0 heterocycles. The fourth-order valence-electron chi connectivity index (χ4n) is 1.00. The van der Waals surface area contributed by atoms with Crippen LogP contribution in [0.2, 0.25) is 0 Å². The minimum Gasteiger partial charge on any atom is -0.409 e. The van der Waals surface area contributed by atoms with Crippen LogP contribution < -0.4 is 10.5 Å². The molecule has 96 valence electrons. The number of sulfonamides is 1. The van der Waals surface area contributed by atoms with Crippen molar-refractivity contribution in [1.82, 2.24) is 4.72 Å². The van der Waals surface area contributed by atoms with E-state index in [9.17, 15) is 8.42 Å². The first-order chi connectivity index (χ1) is 7.31. The third kappa shape index (κ3) is 4.33. The SMILES string of the molecule is CCC(C)(NS(=O)(=O)CCOC)C(N)=NO. The van der Waals surface area contributed by atoms with Crippen LogP contribution in [0.25, 0.3) is 0 Å². The Morgan fingerprint density at radius 1 is 1.62 bits per heavy atom. The van der Waals surface area contributed by atoms with Crippen molar-refractivity contribution in [2.75, 3.05) is 19.5 Å². The Bertz CT molecular complexity index is 341. The van der Waals surface area contributed by atoms with Gasteiger partial charge < -0.3 is 15.7 Å². The normalized spacial score (nSPS) is 17.1. The van der Waals surface area contributed by atoms with Gasteiger partial charge in [0.1, 0.15) is 0 Å². The van der Waals surface area contributed by atoms with Gasteiger partial charge in [-0.2, -0.15) is 0 Å². The molecule has 0 aliphatic carbocycles. The monoisotopic (exact) mass is 253 g/mol. The highest BCUT2D eigenvalue weighted by molar-refractivity contribution is 7.89. The van der Waals surface area contributed by atoms with Gasteiger partial charge >= 0.3 is 0 Å². The Morgan fingerprint density at radius 3 is 2.56 bits per heavy atom. The van der Waals surface area contributed by atoms with Gasteiger partial charge in [-0.05, 0) is 13.3 Å². The van der Waals surface area contributed by atoms with E-state index in [2.05, 4.69) is 14.6 Å². The highest BCUT2D eigenvalue weighted by atomic mass is 32.2. The molecular weight excluding hydrogens is 234 g/mol. The van der Waals surface area contributed by atoms with Gasteiger partial charge in [0.2, 0.25) is 10.0 Å². The summed E-state index contributed by atoms with van der Waals surface area (Å²) in [5.41, 5.74) is 4.36. The van der Waals surface area contributed by atoms with Crippen LogP contribution in [0.5, 0.6) is 0 Å². The third-order valence-corrected chi connectivity index (χ3v) is 3.78. The summed E-state index contributed by atoms with van der Waals surface area (Å²) in [6.45, 7) is 3.37. The molecule has 0 saturated heterocycles. The van der Waals surface area contributed by atoms with Crippen molar-refractivity contribution in [2.45, 2.75) is 25.8 Å². The molecular formula is C8H19N3O4S. The zero-order chi connectivity index (χ0) is 12.8. The lowest BCUT2D eigenvalue weighted by Gasteiger charge is -2.27. The maximum Gasteiger partial charge on any atom is 0.214 e. The van der Waals surface area contributed by atoms with Crippen molar-refractivity contribution in [3.63, 3.8) is 0 Å². The topological polar surface area (TPSA) is 114 Å². The van der Waals surface area contributed by atoms with Crippen molar-refractivity contribution < 1.29 is 18.4 Å². The van der Waals surface area contributed by atoms with E-state index < -0.39 is 15.6 Å². The summed E-state index contributed by atoms with van der Waals surface area (Å²) in [7, 11) is -2.10. The number of hydrogen-bond donors (Lipinski definition) is 3. The zero-order valence-corrected chi connectivity index (χ0v) is 10.5. The molecule has 0 spiro atoms. The average Bonchev–Trinajstić information content (AvgIpc) is 2.24. The number of nitrogens with two attached hydrogens (primary N) is 1. The summed E-state index contributed by atoms with van der Waals surface area (Å²) in [5.74, 6) is -0.339. The van der Waals surface area contributed by atoms with E-state index in [-0.39, 0.29) is 18.2 Å². The van der Waals surface area contributed by atoms with Crippen LogP contribution in [-0.4, -0.2) is 44.5 Å². The summed E-state index contributed by atoms with van der Waals surface area (Å²) in [6, 6.07) is 0. The molecule has 0 saturated carbocycles. The van der Waals surface area contributed by atoms with Crippen LogP contribution in [0.1, 0.15) is 20.3 Å². The first kappa shape index (κ1) is 15.1. The molecule has 0 aromatic heterocycles. The molecule has 1 unspecified atom stereocenters. The van der Waals surface area contributed by atoms with Crippen molar-refractivity contribution in [2.24, 2.45) is 10.9 Å². The van der Waals surface area contributed by atoms with E-state index in [1.54, 1.807) is 13.8 Å². The molecule has 4 N–H and O–H groups in total. The number of oxime groups is 1. The van der Waals surface area contributed by atoms with Crippen molar-refractivity contribution >= 4 is 15.9 Å². The van der Waals surface area contributed by atoms with Gasteiger partial charge in [-0.1, -0.05) is 12.1 Å². The Hall–Kier alpha value is -0.860. The predicted molar refractivity (Wildman–Crippen MR) is 60.9 cm³/mol. The maximum absolute atomic E-state index is 11.6. The molecule has 8 heteroatoms. The van der Waals surface area contributed by atoms with E-state index in [0.717, 1.165) is 0 Å². The van der Waals surface area contributed by atoms with Crippen LogP contribution in [0, 0.1) is 0 Å². The standard InChI is InChI=1S/C8H19N3O4S/c1-4-8(2,7(9)10-12)11-16(13,14)6-5-15-3/h11-12H,4-6H2,1-3H3,(H2,9,10). The van der Waals surface area contributed by atoms with Gasteiger partial charge in [-0.3, -0.25) is 0 Å². The Labute approximate surface area is 95.7 Å². The average molecular weight is 253 g/mol. The summed E-state index contributed by atoms with van der Waals surface area (Å²) in [6.07, 6.45) is 0.370. The second-order valence-electron chi connectivity index (χ2n) is 3.58. The molecule has 16 heavy (non-hydrogen) atoms. The van der Waals surface area contributed by atoms with E-state index in [4.69, 9.17) is 10.9 Å². The largest absolute Gasteiger partial charge is 0.409 e. The molecule has 0 bridgehead atoms. The van der Waals surface area contributed by atoms with Gasteiger partial charge in [0.05, 0.1) is 17.9 Å². The fraction of sp³-hybridized carbons (Fsp3) is 0.875. The van der Waals surface area contributed by atoms with E-state index in [0.29, 0.717) is 6.42 Å². The van der Waals surface area contributed by atoms with Gasteiger partial charge in [-0.15, -0.1) is 0 Å². The highest BCUT2D eigenvalue weighted by Gasteiger charge is 2.32. The Balaban J connectivity index is 4.79.